The molecule has 59 heavy (non-hydrogen) atoms. The van der Waals surface area contributed by atoms with Crippen LogP contribution in [0.5, 0.6) is 0 Å². The lowest BCUT2D eigenvalue weighted by Gasteiger charge is -2.26. The van der Waals surface area contributed by atoms with E-state index in [1.54, 1.807) is 54.5 Å². The van der Waals surface area contributed by atoms with Crippen LogP contribution in [0.4, 0.5) is 11.4 Å². The third kappa shape index (κ3) is 13.2. The zero-order chi connectivity index (χ0) is 42.0. The molecule has 0 saturated heterocycles. The van der Waals surface area contributed by atoms with Gasteiger partial charge in [-0.25, -0.2) is 0 Å². The molecule has 0 saturated carbocycles. The monoisotopic (exact) mass is 807 g/mol. The fraction of sp³-hybridized carbons (Fsp3) is 0.435. The van der Waals surface area contributed by atoms with Crippen LogP contribution in [0.25, 0.3) is 11.3 Å². The Bertz CT molecular complexity index is 1970. The van der Waals surface area contributed by atoms with Crippen molar-refractivity contribution in [2.24, 2.45) is 5.73 Å². The highest BCUT2D eigenvalue weighted by molar-refractivity contribution is 6.08. The standard InChI is InChI=1S/C46H61N7O6/c1-5-53(6-2)38-17-18-42(40(33-38)43-32-36(19-21-48-43)45(55)49-41-16-10-12-34-11-7-8-15-39(34)41)50-44(54)35-13-9-14-37(31-35)46(56)52(4)23-22-51(3)24-26-58-28-30-59-29-27-57-25-20-47/h7-9,11,13-15,17-19,21,31-33,41H,5-6,10,12,16,20,22-30,47H2,1-4H3,(H,49,55)(H,50,54). The summed E-state index contributed by atoms with van der Waals surface area (Å²) in [6, 6.07) is 24.3. The normalized spacial score (nSPS) is 13.5. The lowest BCUT2D eigenvalue weighted by molar-refractivity contribution is 0.0127. The van der Waals surface area contributed by atoms with Crippen LogP contribution in [0.15, 0.2) is 85.1 Å². The first-order valence-corrected chi connectivity index (χ1v) is 20.7. The lowest BCUT2D eigenvalue weighted by Crippen LogP contribution is -2.36. The Balaban J connectivity index is 1.21. The highest BCUT2D eigenvalue weighted by Crippen LogP contribution is 2.33. The first kappa shape index (κ1) is 44.9. The Hall–Kier alpha value is -5.18. The molecular formula is C46H61N7O6. The Labute approximate surface area is 349 Å². The second-order valence-electron chi connectivity index (χ2n) is 14.6. The maximum Gasteiger partial charge on any atom is 0.255 e. The molecule has 3 amide bonds. The van der Waals surface area contributed by atoms with Crippen LogP contribution in [0.1, 0.15) is 74.9 Å². The number of aryl methyl sites for hydroxylation is 1. The van der Waals surface area contributed by atoms with Crippen molar-refractivity contribution in [2.45, 2.75) is 39.2 Å². The molecule has 13 nitrogen and oxygen atoms in total. The van der Waals surface area contributed by atoms with Crippen molar-refractivity contribution in [1.29, 1.82) is 0 Å². The average molecular weight is 808 g/mol. The van der Waals surface area contributed by atoms with E-state index in [2.05, 4.69) is 51.4 Å². The van der Waals surface area contributed by atoms with E-state index >= 15 is 0 Å². The minimum absolute atomic E-state index is 0.0612. The van der Waals surface area contributed by atoms with E-state index in [1.807, 2.05) is 37.4 Å². The van der Waals surface area contributed by atoms with E-state index in [-0.39, 0.29) is 23.8 Å². The first-order chi connectivity index (χ1) is 28.7. The Kier molecular flexibility index (Phi) is 17.8. The van der Waals surface area contributed by atoms with Crippen molar-refractivity contribution in [3.05, 3.63) is 113 Å². The predicted molar refractivity (Wildman–Crippen MR) is 233 cm³/mol. The average Bonchev–Trinajstić information content (AvgIpc) is 3.27. The Morgan fingerprint density at radius 2 is 1.47 bits per heavy atom. The number of hydrogen-bond acceptors (Lipinski definition) is 10. The van der Waals surface area contributed by atoms with Gasteiger partial charge in [0.15, 0.2) is 0 Å². The van der Waals surface area contributed by atoms with Crippen LogP contribution < -0.4 is 21.3 Å². The maximum atomic E-state index is 13.9. The van der Waals surface area contributed by atoms with Crippen LogP contribution >= 0.6 is 0 Å². The number of rotatable bonds is 23. The van der Waals surface area contributed by atoms with Gasteiger partial charge in [0.2, 0.25) is 0 Å². The molecule has 1 aliphatic carbocycles. The topological polar surface area (TPSA) is 152 Å². The number of carbonyl (C=O) groups excluding carboxylic acids is 3. The van der Waals surface area contributed by atoms with Crippen LogP contribution in [-0.4, -0.2) is 126 Å². The van der Waals surface area contributed by atoms with Gasteiger partial charge in [0.1, 0.15) is 0 Å². The van der Waals surface area contributed by atoms with E-state index < -0.39 is 0 Å². The molecule has 0 radical (unpaired) electrons. The molecule has 1 unspecified atom stereocenters. The lowest BCUT2D eigenvalue weighted by atomic mass is 9.87. The van der Waals surface area contributed by atoms with Crippen LogP contribution in [-0.2, 0) is 20.6 Å². The number of ether oxygens (including phenoxy) is 3. The molecule has 4 aromatic rings. The smallest absolute Gasteiger partial charge is 0.255 e. The van der Waals surface area contributed by atoms with Gasteiger partial charge in [-0.1, -0.05) is 30.3 Å². The van der Waals surface area contributed by atoms with E-state index in [0.29, 0.717) is 99.5 Å². The number of hydrogen-bond donors (Lipinski definition) is 3. The van der Waals surface area contributed by atoms with Gasteiger partial charge in [-0.15, -0.1) is 0 Å². The number of nitrogens with zero attached hydrogens (tertiary/aromatic N) is 4. The predicted octanol–water partition coefficient (Wildman–Crippen LogP) is 5.67. The van der Waals surface area contributed by atoms with Gasteiger partial charge in [0, 0.05) is 80.5 Å². The largest absolute Gasteiger partial charge is 0.378 e. The number of carbonyl (C=O) groups is 3. The summed E-state index contributed by atoms with van der Waals surface area (Å²) < 4.78 is 16.4. The summed E-state index contributed by atoms with van der Waals surface area (Å²) in [6.07, 6.45) is 4.54. The number of benzene rings is 3. The van der Waals surface area contributed by atoms with Crippen molar-refractivity contribution in [3.8, 4) is 11.3 Å². The van der Waals surface area contributed by atoms with Gasteiger partial charge in [0.25, 0.3) is 17.7 Å². The number of fused-ring (bicyclic) bond motifs is 1. The zero-order valence-corrected chi connectivity index (χ0v) is 35.1. The van der Waals surface area contributed by atoms with Gasteiger partial charge >= 0.3 is 0 Å². The summed E-state index contributed by atoms with van der Waals surface area (Å²) in [5.41, 5.74) is 11.8. The van der Waals surface area contributed by atoms with Gasteiger partial charge in [-0.05, 0) is 99.8 Å². The van der Waals surface area contributed by atoms with E-state index in [1.165, 1.54) is 11.1 Å². The summed E-state index contributed by atoms with van der Waals surface area (Å²) in [5, 5.41) is 6.33. The molecule has 4 N–H and O–H groups in total. The molecule has 3 aromatic carbocycles. The number of amides is 3. The van der Waals surface area contributed by atoms with E-state index in [9.17, 15) is 14.4 Å². The number of aromatic nitrogens is 1. The van der Waals surface area contributed by atoms with Crippen LogP contribution in [0.3, 0.4) is 0 Å². The molecule has 1 atom stereocenters. The van der Waals surface area contributed by atoms with Crippen molar-refractivity contribution >= 4 is 29.1 Å². The van der Waals surface area contributed by atoms with E-state index in [0.717, 1.165) is 38.0 Å². The Morgan fingerprint density at radius 3 is 2.24 bits per heavy atom. The highest BCUT2D eigenvalue weighted by atomic mass is 16.5. The molecule has 1 aliphatic rings. The third-order valence-electron chi connectivity index (χ3n) is 10.5. The fourth-order valence-corrected chi connectivity index (χ4v) is 7.09. The number of likely N-dealkylation sites (N-methyl/N-ethyl adjacent to an activating group) is 2. The van der Waals surface area contributed by atoms with Gasteiger partial charge in [-0.2, -0.15) is 0 Å². The second kappa shape index (κ2) is 23.4. The minimum atomic E-state index is -0.367. The summed E-state index contributed by atoms with van der Waals surface area (Å²) in [4.78, 5) is 51.7. The van der Waals surface area contributed by atoms with Crippen molar-refractivity contribution in [3.63, 3.8) is 0 Å². The second-order valence-corrected chi connectivity index (χ2v) is 14.6. The molecule has 0 fully saturated rings. The molecule has 5 rings (SSSR count). The van der Waals surface area contributed by atoms with E-state index in [4.69, 9.17) is 19.9 Å². The highest BCUT2D eigenvalue weighted by Gasteiger charge is 2.23. The molecule has 0 bridgehead atoms. The fourth-order valence-electron chi connectivity index (χ4n) is 7.09. The molecule has 0 spiro atoms. The van der Waals surface area contributed by atoms with Crippen molar-refractivity contribution in [1.82, 2.24) is 20.1 Å². The molecule has 13 heteroatoms. The minimum Gasteiger partial charge on any atom is -0.378 e. The van der Waals surface area contributed by atoms with Crippen molar-refractivity contribution < 1.29 is 28.6 Å². The molecule has 316 valence electrons. The molecule has 1 aromatic heterocycles. The van der Waals surface area contributed by atoms with Gasteiger partial charge in [-0.3, -0.25) is 19.4 Å². The summed E-state index contributed by atoms with van der Waals surface area (Å²) in [5.74, 6) is -0.724. The summed E-state index contributed by atoms with van der Waals surface area (Å²) >= 11 is 0. The van der Waals surface area contributed by atoms with Crippen LogP contribution in [0, 0.1) is 0 Å². The summed E-state index contributed by atoms with van der Waals surface area (Å²) in [6.45, 7) is 11.2. The molecule has 0 aliphatic heterocycles. The number of nitrogens with one attached hydrogen (secondary N) is 2. The molecular weight excluding hydrogens is 747 g/mol. The number of pyridine rings is 1. The van der Waals surface area contributed by atoms with Gasteiger partial charge < -0.3 is 45.3 Å². The maximum absolute atomic E-state index is 13.9. The first-order valence-electron chi connectivity index (χ1n) is 20.7. The van der Waals surface area contributed by atoms with Gasteiger partial charge in [0.05, 0.1) is 57.1 Å². The van der Waals surface area contributed by atoms with Crippen molar-refractivity contribution in [2.75, 3.05) is 103 Å². The quantitative estimate of drug-likeness (QED) is 0.0801. The van der Waals surface area contributed by atoms with Crippen LogP contribution in [0.2, 0.25) is 0 Å². The SMILES string of the molecule is CCN(CC)c1ccc(NC(=O)c2cccc(C(=O)N(C)CCN(C)CCOCCOCCOCCN)c2)c(-c2cc(C(=O)NC3CCCc4ccccc43)ccn2)c1. The number of nitrogens with two attached hydrogens (primary N) is 1. The number of anilines is 2. The zero-order valence-electron chi connectivity index (χ0n) is 35.1. The third-order valence-corrected chi connectivity index (χ3v) is 10.5. The molecule has 1 heterocycles. The Morgan fingerprint density at radius 1 is 0.763 bits per heavy atom. The summed E-state index contributed by atoms with van der Waals surface area (Å²) in [7, 11) is 3.74.